The normalized spacial score (nSPS) is 14.4. The Morgan fingerprint density at radius 2 is 1.81 bits per heavy atom. The molecule has 13 heteroatoms. The van der Waals surface area contributed by atoms with E-state index in [0.29, 0.717) is 43.1 Å². The fraction of sp³-hybridized carbons (Fsp3) is 0.304. The van der Waals surface area contributed by atoms with Crippen molar-refractivity contribution in [1.82, 2.24) is 14.8 Å². The molecule has 0 bridgehead atoms. The first-order chi connectivity index (χ1) is 17.1. The number of carboxylic acid groups (broad SMARTS) is 1. The number of pyridine rings is 1. The van der Waals surface area contributed by atoms with Crippen molar-refractivity contribution in [1.29, 1.82) is 0 Å². The fourth-order valence-corrected chi connectivity index (χ4v) is 3.88. The van der Waals surface area contributed by atoms with Crippen LogP contribution < -0.4 is 20.3 Å². The number of carbonyl (C=O) groups excluding carboxylic acids is 1. The largest absolute Gasteiger partial charge is 0.573 e. The third-order valence-corrected chi connectivity index (χ3v) is 5.60. The first-order valence-corrected chi connectivity index (χ1v) is 11.0. The number of nitrogens with one attached hydrogen (secondary N) is 2. The minimum absolute atomic E-state index is 0.309. The van der Waals surface area contributed by atoms with Crippen LogP contribution in [0.25, 0.3) is 0 Å². The van der Waals surface area contributed by atoms with Crippen LogP contribution in [0, 0.1) is 12.8 Å². The van der Waals surface area contributed by atoms with Crippen molar-refractivity contribution in [2.45, 2.75) is 26.1 Å². The fourth-order valence-electron chi connectivity index (χ4n) is 3.88. The van der Waals surface area contributed by atoms with Crippen LogP contribution in [0.5, 0.6) is 5.75 Å². The lowest BCUT2D eigenvalue weighted by Gasteiger charge is -2.32. The molecule has 1 saturated heterocycles. The van der Waals surface area contributed by atoms with Crippen molar-refractivity contribution in [3.05, 3.63) is 54.4 Å². The van der Waals surface area contributed by atoms with E-state index in [1.54, 1.807) is 6.07 Å². The topological polar surface area (TPSA) is 122 Å². The molecule has 0 atom stereocenters. The average Bonchev–Trinajstić information content (AvgIpc) is 3.28. The SMILES string of the molecule is Cc1cc(NC(=O)n2ccc(Nc3ccc(OC(F)(F)F)cc3)n2)cnc1N1CCC(C(=O)O)CC1. The van der Waals surface area contributed by atoms with Crippen LogP contribution in [0.1, 0.15) is 18.4 Å². The van der Waals surface area contributed by atoms with Crippen LogP contribution >= 0.6 is 0 Å². The molecule has 0 spiro atoms. The molecule has 3 aromatic rings. The van der Waals surface area contributed by atoms with E-state index in [9.17, 15) is 22.8 Å². The van der Waals surface area contributed by atoms with Gasteiger partial charge in [0, 0.05) is 31.0 Å². The van der Waals surface area contributed by atoms with Crippen LogP contribution in [0.3, 0.4) is 0 Å². The molecule has 0 radical (unpaired) electrons. The highest BCUT2D eigenvalue weighted by Crippen LogP contribution is 2.27. The zero-order valence-corrected chi connectivity index (χ0v) is 19.1. The van der Waals surface area contributed by atoms with Crippen LogP contribution in [-0.4, -0.2) is 51.3 Å². The second kappa shape index (κ2) is 10.1. The maximum absolute atomic E-state index is 12.6. The van der Waals surface area contributed by atoms with Gasteiger partial charge in [-0.3, -0.25) is 4.79 Å². The van der Waals surface area contributed by atoms with Crippen LogP contribution in [0.4, 0.5) is 41.0 Å². The Balaban J connectivity index is 1.34. The summed E-state index contributed by atoms with van der Waals surface area (Å²) in [5.41, 5.74) is 1.76. The Morgan fingerprint density at radius 3 is 2.42 bits per heavy atom. The number of carboxylic acids is 1. The summed E-state index contributed by atoms with van der Waals surface area (Å²) in [5.74, 6) is -0.408. The maximum atomic E-state index is 12.6. The van der Waals surface area contributed by atoms with E-state index >= 15 is 0 Å². The molecular formula is C23H23F3N6O4. The monoisotopic (exact) mass is 504 g/mol. The number of halogens is 3. The Hall–Kier alpha value is -4.29. The van der Waals surface area contributed by atoms with Crippen molar-refractivity contribution >= 4 is 35.0 Å². The predicted octanol–water partition coefficient (Wildman–Crippen LogP) is 4.61. The first kappa shape index (κ1) is 24.8. The van der Waals surface area contributed by atoms with E-state index in [2.05, 4.69) is 25.5 Å². The standard InChI is InChI=1S/C23H23F3N6O4/c1-14-12-17(13-27-20(14)31-9-6-15(7-10-31)21(33)34)29-22(35)32-11-8-19(30-32)28-16-2-4-18(5-3-16)36-23(24,25)26/h2-5,8,11-13,15H,6-7,9-10H2,1H3,(H,28,30)(H,29,35)(H,33,34). The van der Waals surface area contributed by atoms with E-state index in [1.165, 1.54) is 30.6 Å². The summed E-state index contributed by atoms with van der Waals surface area (Å²) in [4.78, 5) is 30.2. The van der Waals surface area contributed by atoms with Gasteiger partial charge in [0.1, 0.15) is 11.6 Å². The molecule has 3 heterocycles. The molecule has 3 N–H and O–H groups in total. The van der Waals surface area contributed by atoms with Gasteiger partial charge >= 0.3 is 18.4 Å². The van der Waals surface area contributed by atoms with Gasteiger partial charge < -0.3 is 25.4 Å². The molecule has 0 aliphatic carbocycles. The number of anilines is 4. The van der Waals surface area contributed by atoms with Gasteiger partial charge in [-0.05, 0) is 55.7 Å². The highest BCUT2D eigenvalue weighted by molar-refractivity contribution is 5.90. The number of aromatic nitrogens is 3. The molecule has 1 amide bonds. The van der Waals surface area contributed by atoms with Crippen molar-refractivity contribution in [3.63, 3.8) is 0 Å². The van der Waals surface area contributed by atoms with E-state index < -0.39 is 18.4 Å². The number of ether oxygens (including phenoxy) is 1. The summed E-state index contributed by atoms with van der Waals surface area (Å²) in [7, 11) is 0. The second-order valence-corrected chi connectivity index (χ2v) is 8.24. The molecule has 4 rings (SSSR count). The molecule has 10 nitrogen and oxygen atoms in total. The smallest absolute Gasteiger partial charge is 0.481 e. The van der Waals surface area contributed by atoms with E-state index in [-0.39, 0.29) is 11.7 Å². The van der Waals surface area contributed by atoms with Crippen LogP contribution in [0.15, 0.2) is 48.8 Å². The quantitative estimate of drug-likeness (QED) is 0.445. The van der Waals surface area contributed by atoms with Gasteiger partial charge in [0.05, 0.1) is 17.8 Å². The lowest BCUT2D eigenvalue weighted by Crippen LogP contribution is -2.37. The summed E-state index contributed by atoms with van der Waals surface area (Å²) >= 11 is 0. The minimum Gasteiger partial charge on any atom is -0.481 e. The second-order valence-electron chi connectivity index (χ2n) is 8.24. The summed E-state index contributed by atoms with van der Waals surface area (Å²) < 4.78 is 41.7. The number of aryl methyl sites for hydroxylation is 1. The predicted molar refractivity (Wildman–Crippen MR) is 125 cm³/mol. The van der Waals surface area contributed by atoms with Gasteiger partial charge in [-0.2, -0.15) is 4.68 Å². The number of hydrogen-bond acceptors (Lipinski definition) is 7. The van der Waals surface area contributed by atoms with Crippen LogP contribution in [0.2, 0.25) is 0 Å². The number of benzene rings is 1. The van der Waals surface area contributed by atoms with Crippen molar-refractivity contribution in [2.75, 3.05) is 28.6 Å². The number of hydrogen-bond donors (Lipinski definition) is 3. The zero-order valence-electron chi connectivity index (χ0n) is 19.1. The molecule has 36 heavy (non-hydrogen) atoms. The van der Waals surface area contributed by atoms with Gasteiger partial charge in [0.15, 0.2) is 5.82 Å². The van der Waals surface area contributed by atoms with E-state index in [4.69, 9.17) is 5.11 Å². The summed E-state index contributed by atoms with van der Waals surface area (Å²) in [5, 5.41) is 18.9. The molecule has 190 valence electrons. The molecular weight excluding hydrogens is 481 g/mol. The van der Waals surface area contributed by atoms with Crippen molar-refractivity contribution in [3.8, 4) is 5.75 Å². The van der Waals surface area contributed by atoms with Gasteiger partial charge in [0.2, 0.25) is 0 Å². The van der Waals surface area contributed by atoms with Gasteiger partial charge in [0.25, 0.3) is 0 Å². The number of rotatable bonds is 6. The number of piperidine rings is 1. The molecule has 1 aliphatic heterocycles. The number of carbonyl (C=O) groups is 2. The van der Waals surface area contributed by atoms with E-state index in [1.807, 2.05) is 11.8 Å². The summed E-state index contributed by atoms with van der Waals surface area (Å²) in [6, 6.07) is 7.87. The first-order valence-electron chi connectivity index (χ1n) is 11.0. The zero-order chi connectivity index (χ0) is 25.9. The number of alkyl halides is 3. The third-order valence-electron chi connectivity index (χ3n) is 5.60. The van der Waals surface area contributed by atoms with Gasteiger partial charge in [-0.25, -0.2) is 9.78 Å². The van der Waals surface area contributed by atoms with Crippen molar-refractivity contribution < 1.29 is 32.6 Å². The molecule has 1 aliphatic rings. The Bertz CT molecular complexity index is 1240. The highest BCUT2D eigenvalue weighted by Gasteiger charge is 2.31. The van der Waals surface area contributed by atoms with Gasteiger partial charge in [-0.1, -0.05) is 0 Å². The lowest BCUT2D eigenvalue weighted by atomic mass is 9.97. The highest BCUT2D eigenvalue weighted by atomic mass is 19.4. The lowest BCUT2D eigenvalue weighted by molar-refractivity contribution is -0.274. The molecule has 1 fully saturated rings. The third kappa shape index (κ3) is 6.23. The average molecular weight is 504 g/mol. The maximum Gasteiger partial charge on any atom is 0.573 e. The van der Waals surface area contributed by atoms with Crippen LogP contribution in [-0.2, 0) is 4.79 Å². The molecule has 1 aromatic carbocycles. The van der Waals surface area contributed by atoms with E-state index in [0.717, 1.165) is 28.2 Å². The van der Waals surface area contributed by atoms with Gasteiger partial charge in [-0.15, -0.1) is 18.3 Å². The number of nitrogens with zero attached hydrogens (tertiary/aromatic N) is 4. The molecule has 0 unspecified atom stereocenters. The molecule has 2 aromatic heterocycles. The minimum atomic E-state index is -4.77. The summed E-state index contributed by atoms with van der Waals surface area (Å²) in [6.45, 7) is 3.05. The Labute approximate surface area is 203 Å². The molecule has 0 saturated carbocycles. The summed E-state index contributed by atoms with van der Waals surface area (Å²) in [6.07, 6.45) is -0.711. The Morgan fingerprint density at radius 1 is 1.11 bits per heavy atom. The number of aliphatic carboxylic acids is 1. The Kier molecular flexibility index (Phi) is 6.99. The number of amides is 1. The van der Waals surface area contributed by atoms with Crippen molar-refractivity contribution in [2.24, 2.45) is 5.92 Å².